The summed E-state index contributed by atoms with van der Waals surface area (Å²) in [6.07, 6.45) is 0. The standard InChI is InChI=1S/C14H10BrNO/c15-14-8-11(6-7-12(14)9-16)10-17-13-4-2-1-3-5-13/h1-8H,10H2. The van der Waals surface area contributed by atoms with Crippen LogP contribution in [0.1, 0.15) is 11.1 Å². The molecular formula is C14H10BrNO. The normalized spacial score (nSPS) is 9.65. The quantitative estimate of drug-likeness (QED) is 0.858. The van der Waals surface area contributed by atoms with Gasteiger partial charge in [0.15, 0.2) is 0 Å². The molecule has 3 heteroatoms. The molecular weight excluding hydrogens is 278 g/mol. The van der Waals surface area contributed by atoms with E-state index in [1.807, 2.05) is 42.5 Å². The molecule has 17 heavy (non-hydrogen) atoms. The Balaban J connectivity index is 2.06. The summed E-state index contributed by atoms with van der Waals surface area (Å²) in [7, 11) is 0. The Morgan fingerprint density at radius 3 is 2.53 bits per heavy atom. The SMILES string of the molecule is N#Cc1ccc(COc2ccccc2)cc1Br. The molecule has 2 aromatic carbocycles. The van der Waals surface area contributed by atoms with Crippen molar-refractivity contribution in [2.45, 2.75) is 6.61 Å². The van der Waals surface area contributed by atoms with E-state index in [0.29, 0.717) is 12.2 Å². The number of nitrogens with zero attached hydrogens (tertiary/aromatic N) is 1. The molecule has 0 unspecified atom stereocenters. The van der Waals surface area contributed by atoms with Crippen LogP contribution in [0.2, 0.25) is 0 Å². The zero-order valence-electron chi connectivity index (χ0n) is 9.06. The molecule has 0 aromatic heterocycles. The molecule has 2 rings (SSSR count). The Bertz CT molecular complexity index is 546. The number of nitriles is 1. The summed E-state index contributed by atoms with van der Waals surface area (Å²) >= 11 is 3.36. The molecule has 0 radical (unpaired) electrons. The molecule has 0 saturated carbocycles. The minimum Gasteiger partial charge on any atom is -0.489 e. The number of hydrogen-bond acceptors (Lipinski definition) is 2. The van der Waals surface area contributed by atoms with Crippen molar-refractivity contribution in [3.05, 3.63) is 64.1 Å². The fourth-order valence-electron chi connectivity index (χ4n) is 1.42. The van der Waals surface area contributed by atoms with Gasteiger partial charge in [-0.05, 0) is 45.8 Å². The molecule has 0 bridgehead atoms. The Morgan fingerprint density at radius 1 is 1.12 bits per heavy atom. The van der Waals surface area contributed by atoms with E-state index in [4.69, 9.17) is 10.00 Å². The van der Waals surface area contributed by atoms with Crippen LogP contribution >= 0.6 is 15.9 Å². The van der Waals surface area contributed by atoms with E-state index in [-0.39, 0.29) is 0 Å². The first kappa shape index (κ1) is 11.7. The van der Waals surface area contributed by atoms with E-state index in [1.54, 1.807) is 6.07 Å². The third-order valence-corrected chi connectivity index (χ3v) is 2.96. The second-order valence-corrected chi connectivity index (χ2v) is 4.38. The van der Waals surface area contributed by atoms with Crippen molar-refractivity contribution in [3.8, 4) is 11.8 Å². The average molecular weight is 288 g/mol. The fourth-order valence-corrected chi connectivity index (χ4v) is 1.94. The zero-order valence-corrected chi connectivity index (χ0v) is 10.6. The van der Waals surface area contributed by atoms with Gasteiger partial charge in [-0.15, -0.1) is 0 Å². The first-order valence-electron chi connectivity index (χ1n) is 5.16. The largest absolute Gasteiger partial charge is 0.489 e. The molecule has 2 aromatic rings. The van der Waals surface area contributed by atoms with Crippen molar-refractivity contribution in [1.82, 2.24) is 0 Å². The molecule has 0 heterocycles. The molecule has 0 aliphatic rings. The van der Waals surface area contributed by atoms with Crippen LogP contribution < -0.4 is 4.74 Å². The van der Waals surface area contributed by atoms with Crippen LogP contribution in [0.3, 0.4) is 0 Å². The predicted octanol–water partition coefficient (Wildman–Crippen LogP) is 3.90. The topological polar surface area (TPSA) is 33.0 Å². The second-order valence-electron chi connectivity index (χ2n) is 3.53. The van der Waals surface area contributed by atoms with Gasteiger partial charge in [0, 0.05) is 4.47 Å². The summed E-state index contributed by atoms with van der Waals surface area (Å²) in [5.74, 6) is 0.841. The minimum absolute atomic E-state index is 0.494. The Kier molecular flexibility index (Phi) is 3.79. The number of ether oxygens (including phenoxy) is 1. The maximum Gasteiger partial charge on any atom is 0.119 e. The van der Waals surface area contributed by atoms with E-state index < -0.39 is 0 Å². The predicted molar refractivity (Wildman–Crippen MR) is 69.6 cm³/mol. The highest BCUT2D eigenvalue weighted by Gasteiger charge is 2.01. The summed E-state index contributed by atoms with van der Waals surface area (Å²) in [6.45, 7) is 0.494. The van der Waals surface area contributed by atoms with Crippen LogP contribution in [-0.4, -0.2) is 0 Å². The van der Waals surface area contributed by atoms with Crippen LogP contribution in [0.4, 0.5) is 0 Å². The lowest BCUT2D eigenvalue weighted by atomic mass is 10.1. The first-order chi connectivity index (χ1) is 8.29. The van der Waals surface area contributed by atoms with Crippen LogP contribution in [0.25, 0.3) is 0 Å². The van der Waals surface area contributed by atoms with Crippen molar-refractivity contribution in [2.75, 3.05) is 0 Å². The molecule has 0 aliphatic carbocycles. The number of para-hydroxylation sites is 1. The number of hydrogen-bond donors (Lipinski definition) is 0. The molecule has 0 aliphatic heterocycles. The molecule has 0 saturated heterocycles. The maximum absolute atomic E-state index is 8.81. The van der Waals surface area contributed by atoms with E-state index in [2.05, 4.69) is 22.0 Å². The third kappa shape index (κ3) is 3.08. The minimum atomic E-state index is 0.494. The summed E-state index contributed by atoms with van der Waals surface area (Å²) in [4.78, 5) is 0. The van der Waals surface area contributed by atoms with Crippen LogP contribution in [0.5, 0.6) is 5.75 Å². The Labute approximate surface area is 109 Å². The highest BCUT2D eigenvalue weighted by Crippen LogP contribution is 2.19. The van der Waals surface area contributed by atoms with Crippen LogP contribution in [-0.2, 0) is 6.61 Å². The molecule has 2 nitrogen and oxygen atoms in total. The van der Waals surface area contributed by atoms with Gasteiger partial charge >= 0.3 is 0 Å². The van der Waals surface area contributed by atoms with E-state index in [9.17, 15) is 0 Å². The van der Waals surface area contributed by atoms with E-state index >= 15 is 0 Å². The highest BCUT2D eigenvalue weighted by atomic mass is 79.9. The van der Waals surface area contributed by atoms with Gasteiger partial charge in [-0.1, -0.05) is 24.3 Å². The summed E-state index contributed by atoms with van der Waals surface area (Å²) < 4.78 is 6.42. The fraction of sp³-hybridized carbons (Fsp3) is 0.0714. The molecule has 84 valence electrons. The summed E-state index contributed by atoms with van der Waals surface area (Å²) in [5, 5.41) is 8.81. The van der Waals surface area contributed by atoms with Gasteiger partial charge < -0.3 is 4.74 Å². The lowest BCUT2D eigenvalue weighted by molar-refractivity contribution is 0.306. The van der Waals surface area contributed by atoms with Crippen molar-refractivity contribution >= 4 is 15.9 Å². The van der Waals surface area contributed by atoms with Crippen LogP contribution in [0, 0.1) is 11.3 Å². The Morgan fingerprint density at radius 2 is 1.88 bits per heavy atom. The molecule has 0 amide bonds. The van der Waals surface area contributed by atoms with Gasteiger partial charge in [-0.2, -0.15) is 5.26 Å². The average Bonchev–Trinajstić information content (AvgIpc) is 2.38. The third-order valence-electron chi connectivity index (χ3n) is 2.30. The van der Waals surface area contributed by atoms with Crippen molar-refractivity contribution in [2.24, 2.45) is 0 Å². The molecule has 0 fully saturated rings. The summed E-state index contributed by atoms with van der Waals surface area (Å²) in [6, 6.07) is 17.3. The Hall–Kier alpha value is -1.79. The second kappa shape index (κ2) is 5.51. The molecule has 0 N–H and O–H groups in total. The van der Waals surface area contributed by atoms with Gasteiger partial charge in [0.05, 0.1) is 5.56 Å². The van der Waals surface area contributed by atoms with E-state index in [0.717, 1.165) is 15.8 Å². The van der Waals surface area contributed by atoms with Crippen LogP contribution in [0.15, 0.2) is 53.0 Å². The van der Waals surface area contributed by atoms with Gasteiger partial charge in [0.25, 0.3) is 0 Å². The number of rotatable bonds is 3. The van der Waals surface area contributed by atoms with Crippen molar-refractivity contribution in [1.29, 1.82) is 5.26 Å². The monoisotopic (exact) mass is 287 g/mol. The lowest BCUT2D eigenvalue weighted by Crippen LogP contribution is -1.95. The molecule has 0 atom stereocenters. The zero-order chi connectivity index (χ0) is 12.1. The van der Waals surface area contributed by atoms with Gasteiger partial charge in [-0.25, -0.2) is 0 Å². The van der Waals surface area contributed by atoms with Crippen molar-refractivity contribution in [3.63, 3.8) is 0 Å². The van der Waals surface area contributed by atoms with Crippen molar-refractivity contribution < 1.29 is 4.74 Å². The first-order valence-corrected chi connectivity index (χ1v) is 5.95. The van der Waals surface area contributed by atoms with Gasteiger partial charge in [0.1, 0.15) is 18.4 Å². The smallest absolute Gasteiger partial charge is 0.119 e. The molecule has 0 spiro atoms. The number of benzene rings is 2. The summed E-state index contributed by atoms with van der Waals surface area (Å²) in [5.41, 5.74) is 1.66. The maximum atomic E-state index is 8.81. The number of halogens is 1. The van der Waals surface area contributed by atoms with Gasteiger partial charge in [-0.3, -0.25) is 0 Å². The van der Waals surface area contributed by atoms with Gasteiger partial charge in [0.2, 0.25) is 0 Å². The lowest BCUT2D eigenvalue weighted by Gasteiger charge is -2.06. The highest BCUT2D eigenvalue weighted by molar-refractivity contribution is 9.10. The van der Waals surface area contributed by atoms with E-state index in [1.165, 1.54) is 0 Å².